The van der Waals surface area contributed by atoms with Gasteiger partial charge in [-0.3, -0.25) is 4.79 Å². The Morgan fingerprint density at radius 1 is 1.16 bits per heavy atom. The molecule has 130 valence electrons. The molecule has 0 aliphatic carbocycles. The van der Waals surface area contributed by atoms with E-state index in [1.165, 1.54) is 12.1 Å². The van der Waals surface area contributed by atoms with E-state index in [4.69, 9.17) is 11.6 Å². The molecule has 2 aromatic rings. The Morgan fingerprint density at radius 2 is 1.84 bits per heavy atom. The van der Waals surface area contributed by atoms with Gasteiger partial charge >= 0.3 is 0 Å². The number of halogens is 2. The third-order valence-electron chi connectivity index (χ3n) is 4.09. The largest absolute Gasteiger partial charge is 0.271 e. The minimum atomic E-state index is -0.420. The third kappa shape index (κ3) is 4.42. The molecule has 3 N–H and O–H groups in total. The number of carbonyl (C=O) groups excluding carboxylic acids is 1. The fourth-order valence-corrected chi connectivity index (χ4v) is 2.74. The summed E-state index contributed by atoms with van der Waals surface area (Å²) in [6.07, 6.45) is 0.549. The van der Waals surface area contributed by atoms with Crippen molar-refractivity contribution in [3.8, 4) is 0 Å². The number of hydrogen-bond donors (Lipinski definition) is 3. The van der Waals surface area contributed by atoms with E-state index < -0.39 is 6.04 Å². The van der Waals surface area contributed by atoms with Gasteiger partial charge in [-0.15, -0.1) is 0 Å². The maximum absolute atomic E-state index is 13.0. The van der Waals surface area contributed by atoms with E-state index in [-0.39, 0.29) is 17.8 Å². The van der Waals surface area contributed by atoms with Gasteiger partial charge in [-0.25, -0.2) is 20.7 Å². The van der Waals surface area contributed by atoms with Gasteiger partial charge in [-0.2, -0.15) is 5.10 Å². The molecular formula is C18H18ClFN4O. The summed E-state index contributed by atoms with van der Waals surface area (Å²) < 4.78 is 13.0. The van der Waals surface area contributed by atoms with Gasteiger partial charge in [0.25, 0.3) is 5.91 Å². The molecule has 0 saturated carbocycles. The summed E-state index contributed by atoms with van der Waals surface area (Å²) >= 11 is 5.86. The van der Waals surface area contributed by atoms with Crippen LogP contribution in [-0.2, 0) is 4.79 Å². The van der Waals surface area contributed by atoms with Crippen molar-refractivity contribution in [1.82, 2.24) is 16.3 Å². The lowest BCUT2D eigenvalue weighted by molar-refractivity contribution is -0.122. The van der Waals surface area contributed by atoms with Crippen molar-refractivity contribution in [3.05, 3.63) is 70.5 Å². The number of hydrazone groups is 1. The highest BCUT2D eigenvalue weighted by atomic mass is 35.5. The van der Waals surface area contributed by atoms with Crippen molar-refractivity contribution in [2.45, 2.75) is 25.4 Å². The fourth-order valence-electron chi connectivity index (χ4n) is 2.61. The molecule has 5 nitrogen and oxygen atoms in total. The van der Waals surface area contributed by atoms with Gasteiger partial charge in [-0.1, -0.05) is 35.9 Å². The average molecular weight is 361 g/mol. The van der Waals surface area contributed by atoms with Crippen LogP contribution in [0.3, 0.4) is 0 Å². The molecule has 1 aliphatic rings. The first-order valence-electron chi connectivity index (χ1n) is 7.89. The number of hydrogen-bond acceptors (Lipinski definition) is 4. The molecule has 2 aromatic carbocycles. The van der Waals surface area contributed by atoms with Crippen LogP contribution in [0.15, 0.2) is 53.6 Å². The van der Waals surface area contributed by atoms with Gasteiger partial charge in [0.15, 0.2) is 0 Å². The molecule has 1 heterocycles. The van der Waals surface area contributed by atoms with Crippen molar-refractivity contribution in [2.24, 2.45) is 5.10 Å². The van der Waals surface area contributed by atoms with Gasteiger partial charge in [0.2, 0.25) is 0 Å². The van der Waals surface area contributed by atoms with Crippen LogP contribution in [0.25, 0.3) is 0 Å². The van der Waals surface area contributed by atoms with Crippen LogP contribution < -0.4 is 16.3 Å². The molecule has 1 amide bonds. The van der Waals surface area contributed by atoms with E-state index in [0.29, 0.717) is 17.2 Å². The number of carbonyl (C=O) groups is 1. The minimum absolute atomic E-state index is 0.0577. The summed E-state index contributed by atoms with van der Waals surface area (Å²) in [6, 6.07) is 13.0. The number of nitrogens with one attached hydrogen (secondary N) is 3. The van der Waals surface area contributed by atoms with Crippen LogP contribution in [-0.4, -0.2) is 17.7 Å². The standard InChI is InChI=1S/C18H18ClFN4O/c1-11(12-2-6-14(19)7-3-12)21-24-18(25)17-10-16(22-23-17)13-4-8-15(20)9-5-13/h2-9,16-17,22-23H,10H2,1H3,(H,24,25)/b21-11-. The summed E-state index contributed by atoms with van der Waals surface area (Å²) in [4.78, 5) is 12.3. The number of nitrogens with zero attached hydrogens (tertiary/aromatic N) is 1. The quantitative estimate of drug-likeness (QED) is 0.580. The Bertz CT molecular complexity index is 777. The molecule has 25 heavy (non-hydrogen) atoms. The molecule has 1 fully saturated rings. The van der Waals surface area contributed by atoms with Crippen LogP contribution in [0, 0.1) is 5.82 Å². The van der Waals surface area contributed by atoms with E-state index >= 15 is 0 Å². The monoisotopic (exact) mass is 360 g/mol. The summed E-state index contributed by atoms with van der Waals surface area (Å²) in [6.45, 7) is 1.81. The zero-order valence-corrected chi connectivity index (χ0v) is 14.3. The summed E-state index contributed by atoms with van der Waals surface area (Å²) in [5.74, 6) is -0.513. The van der Waals surface area contributed by atoms with Crippen LogP contribution >= 0.6 is 11.6 Å². The van der Waals surface area contributed by atoms with Crippen LogP contribution in [0.5, 0.6) is 0 Å². The van der Waals surface area contributed by atoms with Gasteiger partial charge in [0.05, 0.1) is 5.71 Å². The lowest BCUT2D eigenvalue weighted by Crippen LogP contribution is -2.41. The molecular weight excluding hydrogens is 343 g/mol. The highest BCUT2D eigenvalue weighted by Crippen LogP contribution is 2.22. The van der Waals surface area contributed by atoms with Gasteiger partial charge in [-0.05, 0) is 48.7 Å². The molecule has 0 aromatic heterocycles. The number of amides is 1. The Kier molecular flexibility index (Phi) is 5.43. The Balaban J connectivity index is 1.57. The molecule has 1 saturated heterocycles. The van der Waals surface area contributed by atoms with Crippen molar-refractivity contribution < 1.29 is 9.18 Å². The number of rotatable bonds is 4. The lowest BCUT2D eigenvalue weighted by Gasteiger charge is -2.09. The topological polar surface area (TPSA) is 65.5 Å². The molecule has 3 rings (SSSR count). The first-order chi connectivity index (χ1) is 12.0. The molecule has 2 atom stereocenters. The molecule has 2 unspecified atom stereocenters. The average Bonchev–Trinajstić information content (AvgIpc) is 3.11. The summed E-state index contributed by atoms with van der Waals surface area (Å²) in [5.41, 5.74) is 11.1. The SMILES string of the molecule is C/C(=N/NC(=O)C1CC(c2ccc(F)cc2)NN1)c1ccc(Cl)cc1. The van der Waals surface area contributed by atoms with Crippen molar-refractivity contribution in [1.29, 1.82) is 0 Å². The Labute approximate surface area is 150 Å². The van der Waals surface area contributed by atoms with E-state index in [9.17, 15) is 9.18 Å². The van der Waals surface area contributed by atoms with E-state index in [1.54, 1.807) is 24.3 Å². The van der Waals surface area contributed by atoms with Crippen molar-refractivity contribution >= 4 is 23.2 Å². The lowest BCUT2D eigenvalue weighted by atomic mass is 10.0. The zero-order chi connectivity index (χ0) is 17.8. The Hall–Kier alpha value is -2.28. The molecule has 1 aliphatic heterocycles. The van der Waals surface area contributed by atoms with Crippen molar-refractivity contribution in [2.75, 3.05) is 0 Å². The zero-order valence-electron chi connectivity index (χ0n) is 13.6. The first-order valence-corrected chi connectivity index (χ1v) is 8.27. The molecule has 0 bridgehead atoms. The predicted molar refractivity (Wildman–Crippen MR) is 95.6 cm³/mol. The smallest absolute Gasteiger partial charge is 0.258 e. The van der Waals surface area contributed by atoms with Gasteiger partial charge in [0, 0.05) is 11.1 Å². The summed E-state index contributed by atoms with van der Waals surface area (Å²) in [5, 5.41) is 4.78. The molecule has 0 radical (unpaired) electrons. The number of benzene rings is 2. The van der Waals surface area contributed by atoms with Crippen LogP contribution in [0.2, 0.25) is 5.02 Å². The minimum Gasteiger partial charge on any atom is -0.271 e. The van der Waals surface area contributed by atoms with Crippen molar-refractivity contribution in [3.63, 3.8) is 0 Å². The van der Waals surface area contributed by atoms with E-state index in [0.717, 1.165) is 11.1 Å². The van der Waals surface area contributed by atoms with Gasteiger partial charge < -0.3 is 0 Å². The summed E-state index contributed by atoms with van der Waals surface area (Å²) in [7, 11) is 0. The first kappa shape index (κ1) is 17.5. The van der Waals surface area contributed by atoms with Gasteiger partial charge in [0.1, 0.15) is 11.9 Å². The fraction of sp³-hybridized carbons (Fsp3) is 0.222. The number of hydrazine groups is 1. The van der Waals surface area contributed by atoms with E-state index in [2.05, 4.69) is 21.4 Å². The normalized spacial score (nSPS) is 20.5. The second-order valence-electron chi connectivity index (χ2n) is 5.86. The van der Waals surface area contributed by atoms with E-state index in [1.807, 2.05) is 19.1 Å². The maximum atomic E-state index is 13.0. The Morgan fingerprint density at radius 3 is 2.52 bits per heavy atom. The molecule has 0 spiro atoms. The highest BCUT2D eigenvalue weighted by Gasteiger charge is 2.30. The van der Waals surface area contributed by atoms with Crippen LogP contribution in [0.4, 0.5) is 4.39 Å². The molecule has 7 heteroatoms. The highest BCUT2D eigenvalue weighted by molar-refractivity contribution is 6.30. The third-order valence-corrected chi connectivity index (χ3v) is 4.34. The second-order valence-corrected chi connectivity index (χ2v) is 6.30. The predicted octanol–water partition coefficient (Wildman–Crippen LogP) is 2.93. The second kappa shape index (κ2) is 7.74. The van der Waals surface area contributed by atoms with Crippen LogP contribution in [0.1, 0.15) is 30.5 Å². The maximum Gasteiger partial charge on any atom is 0.258 e.